The maximum atomic E-state index is 8.52. The van der Waals surface area contributed by atoms with Crippen molar-refractivity contribution in [3.05, 3.63) is 0 Å². The summed E-state index contributed by atoms with van der Waals surface area (Å²) in [5.41, 5.74) is 0. The van der Waals surface area contributed by atoms with Gasteiger partial charge in [0.25, 0.3) is 0 Å². The van der Waals surface area contributed by atoms with Crippen molar-refractivity contribution in [3.8, 4) is 0 Å². The molecule has 0 aromatic carbocycles. The first-order valence-corrected chi connectivity index (χ1v) is 3.06. The third kappa shape index (κ3) is 941. The van der Waals surface area contributed by atoms with E-state index < -0.39 is 10.4 Å². The summed E-state index contributed by atoms with van der Waals surface area (Å²) in [4.78, 5) is 0. The molecule has 7 heteroatoms. The fourth-order valence-electron chi connectivity index (χ4n) is 0. The molecule has 0 rings (SSSR count). The second kappa shape index (κ2) is 4.52. The Labute approximate surface area is 51.5 Å². The molecule has 0 saturated heterocycles. The van der Waals surface area contributed by atoms with Crippen LogP contribution in [0.5, 0.6) is 0 Å². The van der Waals surface area contributed by atoms with Crippen molar-refractivity contribution >= 4 is 10.4 Å². The van der Waals surface area contributed by atoms with E-state index in [-0.39, 0.29) is 0 Å². The Balaban J connectivity index is 0. The molecule has 0 aromatic rings. The second-order valence-electron chi connectivity index (χ2n) is 0.408. The predicted octanol–water partition coefficient (Wildman–Crippen LogP) is -1.46. The molecule has 0 aromatic heterocycles. The van der Waals surface area contributed by atoms with Crippen LogP contribution in [0.1, 0.15) is 0 Å². The molecule has 7 heavy (non-hydrogen) atoms. The van der Waals surface area contributed by atoms with Crippen molar-refractivity contribution in [3.63, 3.8) is 0 Å². The Bertz CT molecular complexity index is 102. The SMILES string of the molecule is O=S(=O)([O-])[O-].[O]=[Pt+2]. The molecule has 0 unspecified atom stereocenters. The fraction of sp³-hybridized carbons (Fsp3) is 0. The first kappa shape index (κ1) is 10.4. The average molecular weight is 307 g/mol. The zero-order valence-corrected chi connectivity index (χ0v) is 5.85. The van der Waals surface area contributed by atoms with Gasteiger partial charge in [-0.25, -0.2) is 0 Å². The minimum absolute atomic E-state index is 0.889. The molecule has 0 aliphatic carbocycles. The number of hydrogen-bond donors (Lipinski definition) is 0. The van der Waals surface area contributed by atoms with E-state index in [1.807, 2.05) is 0 Å². The summed E-state index contributed by atoms with van der Waals surface area (Å²) in [5, 5.41) is 0. The van der Waals surface area contributed by atoms with E-state index >= 15 is 0 Å². The molecule has 0 fully saturated rings. The van der Waals surface area contributed by atoms with Crippen molar-refractivity contribution in [1.29, 1.82) is 0 Å². The van der Waals surface area contributed by atoms with Gasteiger partial charge in [0.1, 0.15) is 0 Å². The van der Waals surface area contributed by atoms with Crippen molar-refractivity contribution in [2.75, 3.05) is 0 Å². The number of rotatable bonds is 0. The zero-order chi connectivity index (χ0) is 6.50. The van der Waals surface area contributed by atoms with Crippen molar-refractivity contribution in [2.24, 2.45) is 0 Å². The summed E-state index contributed by atoms with van der Waals surface area (Å²) in [5.74, 6) is 0. The normalized spacial score (nSPS) is 9.00. The molecule has 0 saturated carbocycles. The molecule has 0 spiro atoms. The van der Waals surface area contributed by atoms with Crippen molar-refractivity contribution in [2.45, 2.75) is 0 Å². The molecule has 5 nitrogen and oxygen atoms in total. The molecule has 46 valence electrons. The molecule has 0 N–H and O–H groups in total. The van der Waals surface area contributed by atoms with E-state index in [1.54, 1.807) is 0 Å². The average Bonchev–Trinajstić information content (AvgIpc) is 1.36. The third-order valence-electron chi connectivity index (χ3n) is 0. The van der Waals surface area contributed by atoms with E-state index in [9.17, 15) is 0 Å². The molecular weight excluding hydrogens is 307 g/mol. The standard InChI is InChI=1S/H2O4S.O.Pt/c1-5(2,3)4;;/h(H2,1,2,3,4);;/q;;+2/p-2. The van der Waals surface area contributed by atoms with Crippen LogP contribution in [0, 0.1) is 0 Å². The maximum absolute atomic E-state index is 8.52. The summed E-state index contributed by atoms with van der Waals surface area (Å²) < 4.78 is 42.3. The summed E-state index contributed by atoms with van der Waals surface area (Å²) in [6.07, 6.45) is 0. The van der Waals surface area contributed by atoms with E-state index in [2.05, 4.69) is 0 Å². The van der Waals surface area contributed by atoms with Crippen LogP contribution in [0.3, 0.4) is 0 Å². The zero-order valence-electron chi connectivity index (χ0n) is 2.77. The van der Waals surface area contributed by atoms with Gasteiger partial charge in [-0.3, -0.25) is 8.42 Å². The van der Waals surface area contributed by atoms with E-state index in [0.29, 0.717) is 0 Å². The molecule has 0 radical (unpaired) electrons. The van der Waals surface area contributed by atoms with Crippen LogP contribution in [0.2, 0.25) is 0 Å². The molecular formula is O5PtS. The van der Waals surface area contributed by atoms with E-state index in [0.717, 1.165) is 19.8 Å². The summed E-state index contributed by atoms with van der Waals surface area (Å²) in [7, 11) is -5.17. The van der Waals surface area contributed by atoms with Gasteiger partial charge in [-0.15, -0.1) is 0 Å². The Morgan fingerprint density at radius 2 is 1.14 bits per heavy atom. The van der Waals surface area contributed by atoms with Crippen LogP contribution < -0.4 is 0 Å². The van der Waals surface area contributed by atoms with Crippen LogP contribution in [0.4, 0.5) is 0 Å². The molecule has 0 amide bonds. The van der Waals surface area contributed by atoms with Gasteiger partial charge in [0.2, 0.25) is 0 Å². The summed E-state index contributed by atoms with van der Waals surface area (Å²) in [6.45, 7) is 0. The second-order valence-corrected chi connectivity index (χ2v) is 1.22. The van der Waals surface area contributed by atoms with Crippen LogP contribution in [0.25, 0.3) is 0 Å². The Hall–Kier alpha value is 0.358. The van der Waals surface area contributed by atoms with Crippen LogP contribution in [0.15, 0.2) is 0 Å². The van der Waals surface area contributed by atoms with Gasteiger partial charge in [-0.1, -0.05) is 0 Å². The Morgan fingerprint density at radius 3 is 1.14 bits per heavy atom. The fourth-order valence-corrected chi connectivity index (χ4v) is 0. The first-order valence-electron chi connectivity index (χ1n) is 0.796. The quantitative estimate of drug-likeness (QED) is 0.402. The van der Waals surface area contributed by atoms with Gasteiger partial charge < -0.3 is 9.11 Å². The molecule has 0 aliphatic rings. The van der Waals surface area contributed by atoms with Crippen molar-refractivity contribution < 1.29 is 40.7 Å². The van der Waals surface area contributed by atoms with Crippen LogP contribution in [-0.2, 0) is 33.6 Å². The Morgan fingerprint density at radius 1 is 1.14 bits per heavy atom. The monoisotopic (exact) mass is 307 g/mol. The van der Waals surface area contributed by atoms with Gasteiger partial charge in [0.15, 0.2) is 0 Å². The van der Waals surface area contributed by atoms with E-state index in [4.69, 9.17) is 20.9 Å². The first-order chi connectivity index (χ1) is 3.00. The third-order valence-corrected chi connectivity index (χ3v) is 0. The Kier molecular flexibility index (Phi) is 6.68. The molecule has 0 aliphatic heterocycles. The molecule has 0 bridgehead atoms. The molecule has 0 atom stereocenters. The van der Waals surface area contributed by atoms with Crippen LogP contribution in [-0.4, -0.2) is 17.5 Å². The summed E-state index contributed by atoms with van der Waals surface area (Å²) >= 11 is 0.889. The van der Waals surface area contributed by atoms with Gasteiger partial charge >= 0.3 is 23.2 Å². The predicted molar refractivity (Wildman–Crippen MR) is 11.2 cm³/mol. The van der Waals surface area contributed by atoms with E-state index in [1.165, 1.54) is 0 Å². The minimum atomic E-state index is -5.17. The van der Waals surface area contributed by atoms with Gasteiger partial charge in [-0.05, 0) is 0 Å². The van der Waals surface area contributed by atoms with Crippen LogP contribution >= 0.6 is 0 Å². The number of hydrogen-bond acceptors (Lipinski definition) is 5. The van der Waals surface area contributed by atoms with Gasteiger partial charge in [-0.2, -0.15) is 0 Å². The van der Waals surface area contributed by atoms with Gasteiger partial charge in [0, 0.05) is 10.4 Å². The topological polar surface area (TPSA) is 97.3 Å². The van der Waals surface area contributed by atoms with Gasteiger partial charge in [0.05, 0.1) is 0 Å². The summed E-state index contributed by atoms with van der Waals surface area (Å²) in [6, 6.07) is 0. The molecule has 0 heterocycles. The van der Waals surface area contributed by atoms with Crippen molar-refractivity contribution in [1.82, 2.24) is 0 Å².